The fourth-order valence-electron chi connectivity index (χ4n) is 3.94. The van der Waals surface area contributed by atoms with E-state index < -0.39 is 0 Å². The second kappa shape index (κ2) is 2.91. The van der Waals surface area contributed by atoms with Gasteiger partial charge in [0.05, 0.1) is 0 Å². The van der Waals surface area contributed by atoms with Crippen LogP contribution in [0.25, 0.3) is 0 Å². The predicted octanol–water partition coefficient (Wildman–Crippen LogP) is 1.97. The highest BCUT2D eigenvalue weighted by Crippen LogP contribution is 2.56. The van der Waals surface area contributed by atoms with Crippen LogP contribution in [-0.2, 0) is 9.59 Å². The summed E-state index contributed by atoms with van der Waals surface area (Å²) in [5, 5.41) is 0. The molecule has 0 radical (unpaired) electrons. The summed E-state index contributed by atoms with van der Waals surface area (Å²) in [7, 11) is 0. The van der Waals surface area contributed by atoms with Crippen molar-refractivity contribution in [3.63, 3.8) is 0 Å². The number of hydrogen-bond acceptors (Lipinski definition) is 2. The van der Waals surface area contributed by atoms with Crippen LogP contribution in [0.1, 0.15) is 38.5 Å². The average molecular weight is 192 g/mol. The second-order valence-electron chi connectivity index (χ2n) is 5.10. The summed E-state index contributed by atoms with van der Waals surface area (Å²) >= 11 is 0. The molecular formula is C12H16O2. The fraction of sp³-hybridized carbons (Fsp3) is 0.833. The molecule has 0 heterocycles. The Hall–Kier alpha value is -0.660. The summed E-state index contributed by atoms with van der Waals surface area (Å²) in [6.07, 6.45) is 6.00. The van der Waals surface area contributed by atoms with Crippen molar-refractivity contribution >= 4 is 11.6 Å². The molecule has 76 valence electrons. The van der Waals surface area contributed by atoms with Crippen molar-refractivity contribution in [1.29, 1.82) is 0 Å². The third-order valence-corrected chi connectivity index (χ3v) is 4.52. The van der Waals surface area contributed by atoms with E-state index in [4.69, 9.17) is 0 Å². The van der Waals surface area contributed by atoms with Crippen LogP contribution in [0.4, 0.5) is 0 Å². The van der Waals surface area contributed by atoms with Crippen molar-refractivity contribution in [1.82, 2.24) is 0 Å². The van der Waals surface area contributed by atoms with Gasteiger partial charge < -0.3 is 0 Å². The first-order chi connectivity index (χ1) is 6.79. The van der Waals surface area contributed by atoms with Gasteiger partial charge in [-0.1, -0.05) is 0 Å². The Kier molecular flexibility index (Phi) is 1.80. The van der Waals surface area contributed by atoms with E-state index in [-0.39, 0.29) is 11.8 Å². The molecule has 0 aromatic heterocycles. The van der Waals surface area contributed by atoms with E-state index >= 15 is 0 Å². The maximum Gasteiger partial charge on any atom is 0.136 e. The van der Waals surface area contributed by atoms with Crippen LogP contribution in [-0.4, -0.2) is 11.6 Å². The minimum Gasteiger partial charge on any atom is -0.299 e. The van der Waals surface area contributed by atoms with E-state index in [0.717, 1.165) is 25.7 Å². The zero-order chi connectivity index (χ0) is 9.71. The lowest BCUT2D eigenvalue weighted by molar-refractivity contribution is -0.160. The molecule has 0 spiro atoms. The smallest absolute Gasteiger partial charge is 0.136 e. The van der Waals surface area contributed by atoms with E-state index in [1.165, 1.54) is 12.8 Å². The highest BCUT2D eigenvalue weighted by Gasteiger charge is 2.57. The Bertz CT molecular complexity index is 265. The number of carbonyl (C=O) groups is 2. The van der Waals surface area contributed by atoms with Crippen LogP contribution in [0.2, 0.25) is 0 Å². The molecule has 0 saturated heterocycles. The number of hydrogen-bond donors (Lipinski definition) is 0. The van der Waals surface area contributed by atoms with Gasteiger partial charge in [-0.2, -0.15) is 0 Å². The van der Waals surface area contributed by atoms with Crippen LogP contribution >= 0.6 is 0 Å². The SMILES string of the molecule is O=C1CCC[C@@H]2[C@H]3CCCC(=O)[C@@H]3[C@H]12. The quantitative estimate of drug-likeness (QED) is 0.588. The molecule has 0 aliphatic heterocycles. The monoisotopic (exact) mass is 192 g/mol. The first kappa shape index (κ1) is 8.63. The maximum absolute atomic E-state index is 11.7. The minimum atomic E-state index is 0.154. The van der Waals surface area contributed by atoms with Crippen molar-refractivity contribution in [3.8, 4) is 0 Å². The van der Waals surface area contributed by atoms with Gasteiger partial charge in [0.25, 0.3) is 0 Å². The Morgan fingerprint density at radius 2 is 1.21 bits per heavy atom. The summed E-state index contributed by atoms with van der Waals surface area (Å²) in [5.74, 6) is 2.26. The molecule has 4 atom stereocenters. The normalized spacial score (nSPS) is 46.6. The number of carbonyl (C=O) groups excluding carboxylic acids is 2. The molecule has 2 heteroatoms. The number of Topliss-reactive ketones (excluding diaryl/α,β-unsaturated/α-hetero) is 2. The molecule has 0 aromatic rings. The van der Waals surface area contributed by atoms with Crippen molar-refractivity contribution in [3.05, 3.63) is 0 Å². The fourth-order valence-corrected chi connectivity index (χ4v) is 3.94. The van der Waals surface area contributed by atoms with Gasteiger partial charge in [0.15, 0.2) is 0 Å². The van der Waals surface area contributed by atoms with E-state index in [2.05, 4.69) is 0 Å². The molecule has 3 fully saturated rings. The molecule has 3 rings (SSSR count). The van der Waals surface area contributed by atoms with Crippen molar-refractivity contribution < 1.29 is 9.59 Å². The first-order valence-electron chi connectivity index (χ1n) is 5.84. The highest BCUT2D eigenvalue weighted by molar-refractivity contribution is 5.93. The van der Waals surface area contributed by atoms with Crippen molar-refractivity contribution in [2.24, 2.45) is 23.7 Å². The summed E-state index contributed by atoms with van der Waals surface area (Å²) in [5.41, 5.74) is 0. The summed E-state index contributed by atoms with van der Waals surface area (Å²) in [6, 6.07) is 0. The first-order valence-corrected chi connectivity index (χ1v) is 5.84. The largest absolute Gasteiger partial charge is 0.299 e. The molecule has 2 nitrogen and oxygen atoms in total. The minimum absolute atomic E-state index is 0.154. The van der Waals surface area contributed by atoms with Gasteiger partial charge in [-0.3, -0.25) is 9.59 Å². The highest BCUT2D eigenvalue weighted by atomic mass is 16.1. The van der Waals surface area contributed by atoms with E-state index in [9.17, 15) is 9.59 Å². The Morgan fingerprint density at radius 3 is 1.64 bits per heavy atom. The summed E-state index contributed by atoms with van der Waals surface area (Å²) in [4.78, 5) is 23.4. The number of ketones is 2. The molecule has 3 aliphatic carbocycles. The molecular weight excluding hydrogens is 176 g/mol. The van der Waals surface area contributed by atoms with Gasteiger partial charge in [-0.05, 0) is 37.5 Å². The molecule has 3 saturated carbocycles. The zero-order valence-electron chi connectivity index (χ0n) is 8.37. The topological polar surface area (TPSA) is 34.1 Å². The van der Waals surface area contributed by atoms with E-state index in [1.54, 1.807) is 0 Å². The Morgan fingerprint density at radius 1 is 0.786 bits per heavy atom. The molecule has 3 aliphatic rings. The standard InChI is InChI=1S/C12H16O2/c13-9-5-1-3-7-8-4-2-6-10(14)12(8)11(7)9/h7-8,11-12H,1-6H2/t7-,8-,11-,12+/m1/s1. The van der Waals surface area contributed by atoms with Crippen LogP contribution in [0, 0.1) is 23.7 Å². The lowest BCUT2D eigenvalue weighted by Crippen LogP contribution is -2.57. The predicted molar refractivity (Wildman–Crippen MR) is 51.7 cm³/mol. The second-order valence-corrected chi connectivity index (χ2v) is 5.10. The van der Waals surface area contributed by atoms with Crippen molar-refractivity contribution in [2.45, 2.75) is 38.5 Å². The average Bonchev–Trinajstić information content (AvgIpc) is 2.14. The molecule has 0 aromatic carbocycles. The number of fused-ring (bicyclic) bond motifs is 4. The molecule has 0 N–H and O–H groups in total. The van der Waals surface area contributed by atoms with Gasteiger partial charge in [-0.25, -0.2) is 0 Å². The lowest BCUT2D eigenvalue weighted by atomic mass is 9.47. The number of rotatable bonds is 0. The molecule has 0 unspecified atom stereocenters. The van der Waals surface area contributed by atoms with Crippen LogP contribution in [0.15, 0.2) is 0 Å². The molecule has 0 bridgehead atoms. The van der Waals surface area contributed by atoms with Gasteiger partial charge in [0.2, 0.25) is 0 Å². The molecule has 14 heavy (non-hydrogen) atoms. The summed E-state index contributed by atoms with van der Waals surface area (Å²) in [6.45, 7) is 0. The molecule has 0 amide bonds. The van der Waals surface area contributed by atoms with E-state index in [1.807, 2.05) is 0 Å². The van der Waals surface area contributed by atoms with Gasteiger partial charge >= 0.3 is 0 Å². The lowest BCUT2D eigenvalue weighted by Gasteiger charge is -2.55. The third-order valence-electron chi connectivity index (χ3n) is 4.52. The maximum atomic E-state index is 11.7. The van der Waals surface area contributed by atoms with Gasteiger partial charge in [-0.15, -0.1) is 0 Å². The third kappa shape index (κ3) is 0.971. The van der Waals surface area contributed by atoms with Crippen LogP contribution in [0.3, 0.4) is 0 Å². The summed E-state index contributed by atoms with van der Waals surface area (Å²) < 4.78 is 0. The van der Waals surface area contributed by atoms with Gasteiger partial charge in [0, 0.05) is 24.7 Å². The van der Waals surface area contributed by atoms with E-state index in [0.29, 0.717) is 23.4 Å². The zero-order valence-corrected chi connectivity index (χ0v) is 8.37. The van der Waals surface area contributed by atoms with Crippen LogP contribution in [0.5, 0.6) is 0 Å². The Balaban J connectivity index is 1.86. The van der Waals surface area contributed by atoms with Gasteiger partial charge in [0.1, 0.15) is 11.6 Å². The van der Waals surface area contributed by atoms with Crippen LogP contribution < -0.4 is 0 Å². The van der Waals surface area contributed by atoms with Crippen molar-refractivity contribution in [2.75, 3.05) is 0 Å². The Labute approximate surface area is 84.1 Å².